The molecule has 0 spiro atoms. The number of aldehydes is 1. The molecule has 0 aliphatic carbocycles. The summed E-state index contributed by atoms with van der Waals surface area (Å²) < 4.78 is 5.18. The quantitative estimate of drug-likeness (QED) is 0.574. The van der Waals surface area contributed by atoms with Crippen molar-refractivity contribution in [1.29, 1.82) is 0 Å². The van der Waals surface area contributed by atoms with Gasteiger partial charge in [-0.15, -0.1) is 0 Å². The maximum absolute atomic E-state index is 10.7. The molecule has 2 heteroatoms. The number of methoxy groups -OCH3 is 1. The maximum Gasteiger partial charge on any atom is 0.143 e. The van der Waals surface area contributed by atoms with E-state index in [0.717, 1.165) is 23.2 Å². The van der Waals surface area contributed by atoms with E-state index < -0.39 is 0 Å². The van der Waals surface area contributed by atoms with Crippen LogP contribution in [0.15, 0.2) is 30.3 Å². The van der Waals surface area contributed by atoms with Crippen molar-refractivity contribution in [2.45, 2.75) is 20.8 Å². The molecule has 1 aromatic rings. The fourth-order valence-electron chi connectivity index (χ4n) is 1.64. The Morgan fingerprint density at radius 2 is 2.00 bits per heavy atom. The largest absolute Gasteiger partial charge is 0.497 e. The SMILES string of the molecule is COc1cccc(/C(=C\C=O)C(C)(C)C)c1. The summed E-state index contributed by atoms with van der Waals surface area (Å²) in [6, 6.07) is 7.76. The molecule has 0 fully saturated rings. The number of hydrogen-bond acceptors (Lipinski definition) is 2. The minimum absolute atomic E-state index is 0.0622. The Morgan fingerprint density at radius 3 is 2.50 bits per heavy atom. The van der Waals surface area contributed by atoms with Crippen LogP contribution in [0.1, 0.15) is 26.3 Å². The zero-order valence-electron chi connectivity index (χ0n) is 10.3. The van der Waals surface area contributed by atoms with Crippen molar-refractivity contribution in [2.24, 2.45) is 5.41 Å². The summed E-state index contributed by atoms with van der Waals surface area (Å²) in [5.41, 5.74) is 1.98. The fraction of sp³-hybridized carbons (Fsp3) is 0.357. The number of rotatable bonds is 3. The van der Waals surface area contributed by atoms with Crippen molar-refractivity contribution in [1.82, 2.24) is 0 Å². The lowest BCUT2D eigenvalue weighted by atomic mass is 9.82. The van der Waals surface area contributed by atoms with Crippen molar-refractivity contribution in [2.75, 3.05) is 7.11 Å². The minimum atomic E-state index is -0.0622. The lowest BCUT2D eigenvalue weighted by Gasteiger charge is -2.23. The molecule has 1 aromatic carbocycles. The van der Waals surface area contributed by atoms with Gasteiger partial charge in [-0.05, 0) is 34.8 Å². The van der Waals surface area contributed by atoms with Gasteiger partial charge in [0.2, 0.25) is 0 Å². The second-order valence-corrected chi connectivity index (χ2v) is 4.70. The van der Waals surface area contributed by atoms with Crippen molar-refractivity contribution in [3.63, 3.8) is 0 Å². The summed E-state index contributed by atoms with van der Waals surface area (Å²) in [7, 11) is 1.64. The number of ether oxygens (including phenoxy) is 1. The van der Waals surface area contributed by atoms with Crippen LogP contribution in [0.25, 0.3) is 5.57 Å². The van der Waals surface area contributed by atoms with Crippen molar-refractivity contribution >= 4 is 11.9 Å². The lowest BCUT2D eigenvalue weighted by Crippen LogP contribution is -2.08. The molecule has 0 aliphatic heterocycles. The van der Waals surface area contributed by atoms with Crippen LogP contribution in [0, 0.1) is 5.41 Å². The predicted molar refractivity (Wildman–Crippen MR) is 66.5 cm³/mol. The van der Waals surface area contributed by atoms with Crippen LogP contribution in [0.2, 0.25) is 0 Å². The maximum atomic E-state index is 10.7. The predicted octanol–water partition coefficient (Wildman–Crippen LogP) is 3.32. The molecule has 0 heterocycles. The molecule has 1 rings (SSSR count). The fourth-order valence-corrected chi connectivity index (χ4v) is 1.64. The number of allylic oxidation sites excluding steroid dienone is 2. The zero-order chi connectivity index (χ0) is 12.2. The first kappa shape index (κ1) is 12.5. The Morgan fingerprint density at radius 1 is 1.31 bits per heavy atom. The van der Waals surface area contributed by atoms with Crippen LogP contribution in [0.5, 0.6) is 5.75 Å². The van der Waals surface area contributed by atoms with Crippen LogP contribution < -0.4 is 4.74 Å². The average Bonchev–Trinajstić information content (AvgIpc) is 2.24. The molecular formula is C14H18O2. The molecule has 0 unspecified atom stereocenters. The molecule has 0 aliphatic rings. The average molecular weight is 218 g/mol. The first-order chi connectivity index (χ1) is 7.49. The van der Waals surface area contributed by atoms with E-state index in [2.05, 4.69) is 20.8 Å². The second kappa shape index (κ2) is 4.97. The number of hydrogen-bond donors (Lipinski definition) is 0. The molecule has 0 amide bonds. The topological polar surface area (TPSA) is 26.3 Å². The van der Waals surface area contributed by atoms with E-state index in [-0.39, 0.29) is 5.41 Å². The second-order valence-electron chi connectivity index (χ2n) is 4.70. The highest BCUT2D eigenvalue weighted by Crippen LogP contribution is 2.34. The molecule has 0 aromatic heterocycles. The third-order valence-electron chi connectivity index (χ3n) is 2.42. The molecule has 0 bridgehead atoms. The van der Waals surface area contributed by atoms with Crippen LogP contribution >= 0.6 is 0 Å². The summed E-state index contributed by atoms with van der Waals surface area (Å²) in [5.74, 6) is 0.804. The van der Waals surface area contributed by atoms with Gasteiger partial charge < -0.3 is 4.74 Å². The molecular weight excluding hydrogens is 200 g/mol. The summed E-state index contributed by atoms with van der Waals surface area (Å²) in [5, 5.41) is 0. The zero-order valence-corrected chi connectivity index (χ0v) is 10.3. The van der Waals surface area contributed by atoms with Crippen molar-refractivity contribution in [3.05, 3.63) is 35.9 Å². The highest BCUT2D eigenvalue weighted by Gasteiger charge is 2.18. The Bertz CT molecular complexity index is 397. The van der Waals surface area contributed by atoms with Crippen molar-refractivity contribution < 1.29 is 9.53 Å². The van der Waals surface area contributed by atoms with Gasteiger partial charge in [-0.2, -0.15) is 0 Å². The van der Waals surface area contributed by atoms with E-state index in [4.69, 9.17) is 4.74 Å². The summed E-state index contributed by atoms with van der Waals surface area (Å²) in [6.07, 6.45) is 2.45. The summed E-state index contributed by atoms with van der Waals surface area (Å²) in [6.45, 7) is 6.26. The minimum Gasteiger partial charge on any atom is -0.497 e. The Hall–Kier alpha value is -1.57. The molecule has 86 valence electrons. The monoisotopic (exact) mass is 218 g/mol. The first-order valence-electron chi connectivity index (χ1n) is 5.29. The molecule has 2 nitrogen and oxygen atoms in total. The van der Waals surface area contributed by atoms with E-state index >= 15 is 0 Å². The summed E-state index contributed by atoms with van der Waals surface area (Å²) >= 11 is 0. The van der Waals surface area contributed by atoms with Gasteiger partial charge in [0.05, 0.1) is 7.11 Å². The lowest BCUT2D eigenvalue weighted by molar-refractivity contribution is -0.104. The summed E-state index contributed by atoms with van der Waals surface area (Å²) in [4.78, 5) is 10.7. The number of carbonyl (C=O) groups excluding carboxylic acids is 1. The molecule has 0 radical (unpaired) electrons. The van der Waals surface area contributed by atoms with Gasteiger partial charge >= 0.3 is 0 Å². The van der Waals surface area contributed by atoms with E-state index in [1.54, 1.807) is 13.2 Å². The smallest absolute Gasteiger partial charge is 0.143 e. The normalized spacial score (nSPS) is 12.4. The third-order valence-corrected chi connectivity index (χ3v) is 2.42. The van der Waals surface area contributed by atoms with Gasteiger partial charge in [0.25, 0.3) is 0 Å². The number of carbonyl (C=O) groups is 1. The van der Waals surface area contributed by atoms with E-state index in [9.17, 15) is 4.79 Å². The third kappa shape index (κ3) is 2.96. The van der Waals surface area contributed by atoms with Gasteiger partial charge in [0.15, 0.2) is 0 Å². The van der Waals surface area contributed by atoms with Crippen LogP contribution in [0.3, 0.4) is 0 Å². The molecule has 16 heavy (non-hydrogen) atoms. The van der Waals surface area contributed by atoms with Gasteiger partial charge in [0.1, 0.15) is 12.0 Å². The van der Waals surface area contributed by atoms with E-state index in [1.165, 1.54) is 0 Å². The van der Waals surface area contributed by atoms with Crippen molar-refractivity contribution in [3.8, 4) is 5.75 Å². The molecule has 0 saturated heterocycles. The van der Waals surface area contributed by atoms with Gasteiger partial charge in [-0.1, -0.05) is 32.9 Å². The van der Waals surface area contributed by atoms with Gasteiger partial charge in [-0.3, -0.25) is 4.79 Å². The first-order valence-corrected chi connectivity index (χ1v) is 5.29. The van der Waals surface area contributed by atoms with Crippen LogP contribution in [0.4, 0.5) is 0 Å². The highest BCUT2D eigenvalue weighted by molar-refractivity contribution is 5.83. The molecule has 0 atom stereocenters. The Labute approximate surface area is 96.9 Å². The Balaban J connectivity index is 3.22. The standard InChI is InChI=1S/C14H18O2/c1-14(2,3)13(8-9-15)11-6-5-7-12(10-11)16-4/h5-10H,1-4H3/b13-8+. The highest BCUT2D eigenvalue weighted by atomic mass is 16.5. The van der Waals surface area contributed by atoms with Gasteiger partial charge in [0, 0.05) is 0 Å². The van der Waals surface area contributed by atoms with Crippen LogP contribution in [-0.4, -0.2) is 13.4 Å². The molecule has 0 saturated carbocycles. The van der Waals surface area contributed by atoms with Crippen LogP contribution in [-0.2, 0) is 4.79 Å². The van der Waals surface area contributed by atoms with E-state index in [1.807, 2.05) is 24.3 Å². The number of benzene rings is 1. The van der Waals surface area contributed by atoms with E-state index in [0.29, 0.717) is 0 Å². The van der Waals surface area contributed by atoms with Gasteiger partial charge in [-0.25, -0.2) is 0 Å². The molecule has 0 N–H and O–H groups in total. The Kier molecular flexibility index (Phi) is 3.88.